The third kappa shape index (κ3) is 15.2. The van der Waals surface area contributed by atoms with Crippen LogP contribution >= 0.6 is 47.8 Å². The van der Waals surface area contributed by atoms with Gasteiger partial charge in [0.1, 0.15) is 11.2 Å². The predicted molar refractivity (Wildman–Crippen MR) is 353 cm³/mol. The van der Waals surface area contributed by atoms with Crippen LogP contribution in [-0.4, -0.2) is 59.4 Å². The molecule has 4 N–H and O–H groups in total. The SMILES string of the molecule is CC(=O)NC1CCCC2=C1Cc1ccc(Br)cc12.CC(C)(C)OC(=O)NC1CCCC2=C1Cc1ccc(Br)cc12.Cc1ccc2c(c1)CC1=C2CCCC1NC(=O)OC(C)(C)C.O=C(NC1CCCC2=C1Cc1ccc(Br)cc12)c1ccccc1. The highest BCUT2D eigenvalue weighted by molar-refractivity contribution is 9.11. The number of allylic oxidation sites excluding steroid dienone is 4. The van der Waals surface area contributed by atoms with Gasteiger partial charge in [0.2, 0.25) is 5.91 Å². The quantitative estimate of drug-likeness (QED) is 0.138. The molecule has 13 rings (SSSR count). The molecule has 85 heavy (non-hydrogen) atoms. The normalized spacial score (nSPS) is 20.4. The Morgan fingerprint density at radius 3 is 1.19 bits per heavy atom. The van der Waals surface area contributed by atoms with E-state index in [-0.39, 0.29) is 48.2 Å². The molecule has 0 bridgehead atoms. The van der Waals surface area contributed by atoms with E-state index in [9.17, 15) is 19.2 Å². The first-order valence-electron chi connectivity index (χ1n) is 30.5. The first kappa shape index (κ1) is 62.0. The Balaban J connectivity index is 0.000000126. The molecule has 8 aliphatic carbocycles. The van der Waals surface area contributed by atoms with E-state index in [2.05, 4.69) is 149 Å². The van der Waals surface area contributed by atoms with Crippen molar-refractivity contribution in [1.82, 2.24) is 21.3 Å². The zero-order chi connectivity index (χ0) is 60.3. The van der Waals surface area contributed by atoms with Gasteiger partial charge in [0.25, 0.3) is 5.91 Å². The Morgan fingerprint density at radius 1 is 0.435 bits per heavy atom. The summed E-state index contributed by atoms with van der Waals surface area (Å²) in [5.41, 5.74) is 23.6. The van der Waals surface area contributed by atoms with E-state index < -0.39 is 11.2 Å². The number of hydrogen-bond acceptors (Lipinski definition) is 6. The Kier molecular flexibility index (Phi) is 19.4. The van der Waals surface area contributed by atoms with Crippen LogP contribution in [0.25, 0.3) is 22.3 Å². The summed E-state index contributed by atoms with van der Waals surface area (Å²) >= 11 is 10.7. The number of carbonyl (C=O) groups is 4. The predicted octanol–water partition coefficient (Wildman–Crippen LogP) is 17.4. The summed E-state index contributed by atoms with van der Waals surface area (Å²) in [5, 5.41) is 12.5. The average Bonchev–Trinajstić information content (AvgIpc) is 2.04. The number of alkyl carbamates (subject to hydrolysis) is 2. The van der Waals surface area contributed by atoms with Crippen LogP contribution in [0, 0.1) is 6.92 Å². The summed E-state index contributed by atoms with van der Waals surface area (Å²) < 4.78 is 14.2. The number of halogens is 3. The van der Waals surface area contributed by atoms with Crippen LogP contribution in [-0.2, 0) is 40.0 Å². The van der Waals surface area contributed by atoms with E-state index in [0.29, 0.717) is 0 Å². The average molecular weight is 1340 g/mol. The second-order valence-corrected chi connectivity index (χ2v) is 28.6. The zero-order valence-corrected chi connectivity index (χ0v) is 55.3. The largest absolute Gasteiger partial charge is 0.444 e. The number of fused-ring (bicyclic) bond motifs is 8. The second-order valence-electron chi connectivity index (χ2n) is 25.9. The maximum atomic E-state index is 12.5. The van der Waals surface area contributed by atoms with Crippen LogP contribution in [0.4, 0.5) is 9.59 Å². The standard InChI is InChI=1S/C20H18BrNO.C19H25NO2.C18H22BrNO2.C15H16BrNO/c21-15-10-9-14-11-18-16(17(14)12-15)7-4-8-19(18)22-20(23)13-5-2-1-3-6-13;1-12-8-9-14-13(10-12)11-16-15(14)6-5-7-17(16)20-18(21)22-19(2,3)4;1-18(2,3)22-17(21)20-16-6-4-5-13-14-10-12(19)8-7-11(14)9-15(13)16;1-9(18)17-15-4-2-3-12-13-8-11(16)6-5-10(13)7-14(12)15/h1-3,5-6,9-10,12,19H,4,7-8,11H2,(H,22,23);8-10,17H,5-7,11H2,1-4H3,(H,20,21);7-8,10,16H,4-6,9H2,1-3H3,(H,20,21);5-6,8,15H,2-4,7H2,1H3,(H,17,18). The lowest BCUT2D eigenvalue weighted by atomic mass is 9.87. The molecule has 0 saturated carbocycles. The smallest absolute Gasteiger partial charge is 0.408 e. The van der Waals surface area contributed by atoms with Crippen molar-refractivity contribution >= 4 is 94.1 Å². The Bertz CT molecular complexity index is 3550. The third-order valence-electron chi connectivity index (χ3n) is 17.3. The molecule has 0 spiro atoms. The lowest BCUT2D eigenvalue weighted by Crippen LogP contribution is -2.41. The number of rotatable bonds is 5. The molecule has 0 saturated heterocycles. The summed E-state index contributed by atoms with van der Waals surface area (Å²) in [4.78, 5) is 47.9. The third-order valence-corrected chi connectivity index (χ3v) is 18.8. The molecule has 5 aromatic rings. The Morgan fingerprint density at radius 2 is 0.800 bits per heavy atom. The number of hydrogen-bond donors (Lipinski definition) is 4. The molecule has 0 radical (unpaired) electrons. The van der Waals surface area contributed by atoms with Crippen LogP contribution in [0.1, 0.15) is 186 Å². The number of amides is 4. The van der Waals surface area contributed by atoms with Crippen molar-refractivity contribution in [2.45, 2.75) is 193 Å². The van der Waals surface area contributed by atoms with Gasteiger partial charge >= 0.3 is 12.2 Å². The van der Waals surface area contributed by atoms with Gasteiger partial charge < -0.3 is 30.7 Å². The van der Waals surface area contributed by atoms with Crippen LogP contribution < -0.4 is 21.3 Å². The molecular formula is C72H81Br3N4O6. The van der Waals surface area contributed by atoms with Crippen molar-refractivity contribution < 1.29 is 28.7 Å². The summed E-state index contributed by atoms with van der Waals surface area (Å²) in [5.74, 6) is 0.104. The van der Waals surface area contributed by atoms with Gasteiger partial charge in [0.05, 0.1) is 24.2 Å². The van der Waals surface area contributed by atoms with E-state index >= 15 is 0 Å². The fourth-order valence-electron chi connectivity index (χ4n) is 13.8. The van der Waals surface area contributed by atoms with Gasteiger partial charge in [-0.15, -0.1) is 0 Å². The van der Waals surface area contributed by atoms with E-state index in [0.717, 1.165) is 122 Å². The molecule has 4 atom stereocenters. The van der Waals surface area contributed by atoms with E-state index in [1.165, 1.54) is 94.7 Å². The molecule has 4 unspecified atom stereocenters. The number of ether oxygens (including phenoxy) is 2. The molecular weight excluding hydrogens is 1260 g/mol. The molecule has 0 heterocycles. The first-order valence-corrected chi connectivity index (χ1v) is 32.9. The van der Waals surface area contributed by atoms with Gasteiger partial charge in [-0.2, -0.15) is 0 Å². The molecule has 0 aliphatic heterocycles. The number of benzene rings is 5. The molecule has 8 aliphatic rings. The van der Waals surface area contributed by atoms with Gasteiger partial charge in [-0.3, -0.25) is 9.59 Å². The van der Waals surface area contributed by atoms with Crippen LogP contribution in [0.5, 0.6) is 0 Å². The van der Waals surface area contributed by atoms with Crippen molar-refractivity contribution in [2.75, 3.05) is 0 Å². The van der Waals surface area contributed by atoms with Crippen molar-refractivity contribution in [2.24, 2.45) is 0 Å². The van der Waals surface area contributed by atoms with Crippen molar-refractivity contribution in [1.29, 1.82) is 0 Å². The lowest BCUT2D eigenvalue weighted by molar-refractivity contribution is -0.119. The molecule has 13 heteroatoms. The monoisotopic (exact) mass is 1330 g/mol. The molecule has 0 fully saturated rings. The van der Waals surface area contributed by atoms with Gasteiger partial charge in [-0.1, -0.05) is 108 Å². The zero-order valence-electron chi connectivity index (χ0n) is 50.5. The Labute approximate surface area is 528 Å². The van der Waals surface area contributed by atoms with Crippen molar-refractivity contribution in [3.05, 3.63) is 194 Å². The first-order chi connectivity index (χ1) is 40.5. The fraction of sp³-hybridized carbons (Fsp3) is 0.417. The highest BCUT2D eigenvalue weighted by Gasteiger charge is 2.36. The van der Waals surface area contributed by atoms with E-state index in [1.807, 2.05) is 71.9 Å². The number of aryl methyl sites for hydroxylation is 1. The Hall–Kier alpha value is -6.02. The number of carbonyl (C=O) groups excluding carboxylic acids is 4. The molecule has 10 nitrogen and oxygen atoms in total. The van der Waals surface area contributed by atoms with Crippen molar-refractivity contribution in [3.8, 4) is 0 Å². The van der Waals surface area contributed by atoms with Gasteiger partial charge in [0.15, 0.2) is 0 Å². The maximum absolute atomic E-state index is 12.5. The minimum atomic E-state index is -0.459. The summed E-state index contributed by atoms with van der Waals surface area (Å²) in [6.07, 6.45) is 16.4. The fourth-order valence-corrected chi connectivity index (χ4v) is 14.9. The van der Waals surface area contributed by atoms with Crippen LogP contribution in [0.15, 0.2) is 139 Å². The maximum Gasteiger partial charge on any atom is 0.408 e. The van der Waals surface area contributed by atoms with E-state index in [4.69, 9.17) is 9.47 Å². The summed E-state index contributed by atoms with van der Waals surface area (Å²) in [6, 6.07) is 36.3. The van der Waals surface area contributed by atoms with Crippen LogP contribution in [0.3, 0.4) is 0 Å². The topological polar surface area (TPSA) is 135 Å². The molecule has 4 amide bonds. The molecule has 446 valence electrons. The minimum Gasteiger partial charge on any atom is -0.444 e. The van der Waals surface area contributed by atoms with Gasteiger partial charge in [-0.25, -0.2) is 9.59 Å². The number of nitrogens with one attached hydrogen (secondary N) is 4. The second kappa shape index (κ2) is 26.5. The van der Waals surface area contributed by atoms with E-state index in [1.54, 1.807) is 6.92 Å². The minimum absolute atomic E-state index is 0.0292. The van der Waals surface area contributed by atoms with Gasteiger partial charge in [-0.05, 0) is 289 Å². The molecule has 5 aromatic carbocycles. The van der Waals surface area contributed by atoms with Gasteiger partial charge in [0, 0.05) is 25.9 Å². The molecule has 0 aromatic heterocycles. The highest BCUT2D eigenvalue weighted by atomic mass is 79.9. The highest BCUT2D eigenvalue weighted by Crippen LogP contribution is 2.46. The summed E-state index contributed by atoms with van der Waals surface area (Å²) in [7, 11) is 0. The summed E-state index contributed by atoms with van der Waals surface area (Å²) in [6.45, 7) is 15.1. The van der Waals surface area contributed by atoms with Crippen LogP contribution in [0.2, 0.25) is 0 Å². The van der Waals surface area contributed by atoms with Crippen molar-refractivity contribution in [3.63, 3.8) is 0 Å². The lowest BCUT2D eigenvalue weighted by Gasteiger charge is -2.28.